The number of methoxy groups -OCH3 is 1. The van der Waals surface area contributed by atoms with Crippen molar-refractivity contribution in [2.75, 3.05) is 12.4 Å². The highest BCUT2D eigenvalue weighted by Gasteiger charge is 2.08. The summed E-state index contributed by atoms with van der Waals surface area (Å²) in [6, 6.07) is 12.0. The van der Waals surface area contributed by atoms with Gasteiger partial charge in [-0.05, 0) is 24.6 Å². The van der Waals surface area contributed by atoms with Crippen LogP contribution in [0.5, 0.6) is 0 Å². The molecule has 0 saturated heterocycles. The number of rotatable bonds is 4. The van der Waals surface area contributed by atoms with E-state index in [9.17, 15) is 4.79 Å². The Morgan fingerprint density at radius 1 is 1.22 bits per heavy atom. The average Bonchev–Trinajstić information content (AvgIpc) is 2.86. The lowest BCUT2D eigenvalue weighted by Gasteiger charge is -2.03. The van der Waals surface area contributed by atoms with Crippen molar-refractivity contribution in [2.24, 2.45) is 0 Å². The molecule has 0 bridgehead atoms. The molecule has 1 N–H and O–H groups in total. The first-order chi connectivity index (χ1) is 8.69. The highest BCUT2D eigenvalue weighted by atomic mass is 32.1. The molecule has 0 unspecified atom stereocenters. The van der Waals surface area contributed by atoms with Crippen LogP contribution in [-0.2, 0) is 11.3 Å². The van der Waals surface area contributed by atoms with Gasteiger partial charge in [-0.15, -0.1) is 11.3 Å². The summed E-state index contributed by atoms with van der Waals surface area (Å²) in [5.74, 6) is -0.289. The van der Waals surface area contributed by atoms with Gasteiger partial charge in [-0.25, -0.2) is 4.79 Å². The molecule has 0 aliphatic carbocycles. The molecule has 0 amide bonds. The lowest BCUT2D eigenvalue weighted by molar-refractivity contribution is 0.0606. The van der Waals surface area contributed by atoms with Gasteiger partial charge in [-0.2, -0.15) is 0 Å². The van der Waals surface area contributed by atoms with Crippen LogP contribution in [0.2, 0.25) is 0 Å². The zero-order valence-corrected chi connectivity index (χ0v) is 11.2. The number of esters is 1. The fourth-order valence-corrected chi connectivity index (χ4v) is 2.36. The van der Waals surface area contributed by atoms with Crippen molar-refractivity contribution in [1.82, 2.24) is 0 Å². The third-order valence-corrected chi connectivity index (χ3v) is 3.60. The molecule has 1 heterocycles. The first-order valence-electron chi connectivity index (χ1n) is 5.66. The fraction of sp³-hybridized carbons (Fsp3) is 0.214. The highest BCUT2D eigenvalue weighted by Crippen LogP contribution is 2.23. The predicted octanol–water partition coefficient (Wildman–Crippen LogP) is 3.46. The minimum Gasteiger partial charge on any atom is -0.465 e. The molecule has 1 aromatic heterocycles. The van der Waals surface area contributed by atoms with Crippen LogP contribution in [0.1, 0.15) is 20.8 Å². The summed E-state index contributed by atoms with van der Waals surface area (Å²) in [6.07, 6.45) is 0. The minimum atomic E-state index is -0.289. The third-order valence-electron chi connectivity index (χ3n) is 2.58. The van der Waals surface area contributed by atoms with Crippen LogP contribution in [0.3, 0.4) is 0 Å². The van der Waals surface area contributed by atoms with Gasteiger partial charge in [0.15, 0.2) is 0 Å². The van der Waals surface area contributed by atoms with Gasteiger partial charge < -0.3 is 10.1 Å². The van der Waals surface area contributed by atoms with Crippen LogP contribution < -0.4 is 5.32 Å². The van der Waals surface area contributed by atoms with E-state index in [1.165, 1.54) is 29.6 Å². The number of aryl methyl sites for hydroxylation is 1. The topological polar surface area (TPSA) is 38.3 Å². The number of benzene rings is 1. The summed E-state index contributed by atoms with van der Waals surface area (Å²) in [5, 5.41) is 4.26. The SMILES string of the molecule is COC(=O)c1ccc(NCc2ccc(C)cc2)s1. The number of carbonyl (C=O) groups is 1. The maximum atomic E-state index is 11.3. The normalized spacial score (nSPS) is 10.1. The summed E-state index contributed by atoms with van der Waals surface area (Å²) in [6.45, 7) is 2.82. The van der Waals surface area contributed by atoms with Crippen molar-refractivity contribution in [2.45, 2.75) is 13.5 Å². The van der Waals surface area contributed by atoms with Gasteiger partial charge >= 0.3 is 5.97 Å². The van der Waals surface area contributed by atoms with Crippen molar-refractivity contribution >= 4 is 22.3 Å². The van der Waals surface area contributed by atoms with Crippen molar-refractivity contribution in [3.63, 3.8) is 0 Å². The molecule has 0 spiro atoms. The number of hydrogen-bond donors (Lipinski definition) is 1. The van der Waals surface area contributed by atoms with E-state index in [0.717, 1.165) is 11.5 Å². The molecule has 18 heavy (non-hydrogen) atoms. The monoisotopic (exact) mass is 261 g/mol. The molecule has 2 aromatic rings. The van der Waals surface area contributed by atoms with E-state index < -0.39 is 0 Å². The lowest BCUT2D eigenvalue weighted by Crippen LogP contribution is -1.98. The highest BCUT2D eigenvalue weighted by molar-refractivity contribution is 7.17. The van der Waals surface area contributed by atoms with Gasteiger partial charge in [0.25, 0.3) is 0 Å². The Morgan fingerprint density at radius 3 is 2.61 bits per heavy atom. The standard InChI is InChI=1S/C14H15NO2S/c1-10-3-5-11(6-4-10)9-15-13-8-7-12(18-13)14(16)17-2/h3-8,15H,9H2,1-2H3. The number of nitrogens with one attached hydrogen (secondary N) is 1. The zero-order valence-electron chi connectivity index (χ0n) is 10.4. The number of ether oxygens (including phenoxy) is 1. The Hall–Kier alpha value is -1.81. The third kappa shape index (κ3) is 3.11. The molecule has 0 atom stereocenters. The van der Waals surface area contributed by atoms with E-state index in [4.69, 9.17) is 0 Å². The second-order valence-electron chi connectivity index (χ2n) is 3.99. The molecule has 2 rings (SSSR count). The summed E-state index contributed by atoms with van der Waals surface area (Å²) in [7, 11) is 1.39. The molecule has 0 aliphatic heterocycles. The molecule has 0 fully saturated rings. The van der Waals surface area contributed by atoms with Gasteiger partial charge in [0.05, 0.1) is 12.1 Å². The average molecular weight is 261 g/mol. The van der Waals surface area contributed by atoms with Crippen LogP contribution in [-0.4, -0.2) is 13.1 Å². The maximum Gasteiger partial charge on any atom is 0.348 e. The van der Waals surface area contributed by atoms with Gasteiger partial charge in [-0.1, -0.05) is 29.8 Å². The van der Waals surface area contributed by atoms with E-state index in [0.29, 0.717) is 4.88 Å². The Labute approximate surface area is 110 Å². The predicted molar refractivity (Wildman–Crippen MR) is 74.2 cm³/mol. The Kier molecular flexibility index (Phi) is 3.99. The molecule has 0 saturated carbocycles. The molecule has 1 aromatic carbocycles. The summed E-state index contributed by atoms with van der Waals surface area (Å²) in [5.41, 5.74) is 2.47. The van der Waals surface area contributed by atoms with Gasteiger partial charge in [0, 0.05) is 6.54 Å². The maximum absolute atomic E-state index is 11.3. The van der Waals surface area contributed by atoms with Crippen LogP contribution in [0.4, 0.5) is 5.00 Å². The Balaban J connectivity index is 1.96. The first-order valence-corrected chi connectivity index (χ1v) is 6.48. The quantitative estimate of drug-likeness (QED) is 0.857. The molecule has 4 heteroatoms. The van der Waals surface area contributed by atoms with Crippen molar-refractivity contribution in [3.05, 3.63) is 52.4 Å². The molecular weight excluding hydrogens is 246 g/mol. The second-order valence-corrected chi connectivity index (χ2v) is 5.08. The van der Waals surface area contributed by atoms with Crippen molar-refractivity contribution < 1.29 is 9.53 Å². The van der Waals surface area contributed by atoms with Crippen molar-refractivity contribution in [1.29, 1.82) is 0 Å². The van der Waals surface area contributed by atoms with Crippen molar-refractivity contribution in [3.8, 4) is 0 Å². The van der Waals surface area contributed by atoms with Crippen LogP contribution >= 0.6 is 11.3 Å². The van der Waals surface area contributed by atoms with Crippen LogP contribution in [0.15, 0.2) is 36.4 Å². The minimum absolute atomic E-state index is 0.289. The number of hydrogen-bond acceptors (Lipinski definition) is 4. The summed E-state index contributed by atoms with van der Waals surface area (Å²) < 4.78 is 4.67. The molecule has 94 valence electrons. The lowest BCUT2D eigenvalue weighted by atomic mass is 10.1. The molecule has 0 aliphatic rings. The van der Waals surface area contributed by atoms with E-state index in [-0.39, 0.29) is 5.97 Å². The van der Waals surface area contributed by atoms with Crippen LogP contribution in [0.25, 0.3) is 0 Å². The number of anilines is 1. The summed E-state index contributed by atoms with van der Waals surface area (Å²) in [4.78, 5) is 11.9. The van der Waals surface area contributed by atoms with Gasteiger partial charge in [0.2, 0.25) is 0 Å². The largest absolute Gasteiger partial charge is 0.465 e. The Bertz CT molecular complexity index is 531. The molecule has 3 nitrogen and oxygen atoms in total. The van der Waals surface area contributed by atoms with E-state index in [1.807, 2.05) is 6.07 Å². The van der Waals surface area contributed by atoms with E-state index in [2.05, 4.69) is 41.2 Å². The van der Waals surface area contributed by atoms with Gasteiger partial charge in [-0.3, -0.25) is 0 Å². The second kappa shape index (κ2) is 5.69. The van der Waals surface area contributed by atoms with Crippen LogP contribution in [0, 0.1) is 6.92 Å². The molecular formula is C14H15NO2S. The molecule has 0 radical (unpaired) electrons. The smallest absolute Gasteiger partial charge is 0.348 e. The number of carbonyl (C=O) groups excluding carboxylic acids is 1. The van der Waals surface area contributed by atoms with E-state index in [1.54, 1.807) is 6.07 Å². The fourth-order valence-electron chi connectivity index (χ4n) is 1.54. The number of thiophene rings is 1. The first kappa shape index (κ1) is 12.6. The Morgan fingerprint density at radius 2 is 1.94 bits per heavy atom. The van der Waals surface area contributed by atoms with E-state index >= 15 is 0 Å². The summed E-state index contributed by atoms with van der Waals surface area (Å²) >= 11 is 1.40. The van der Waals surface area contributed by atoms with Gasteiger partial charge in [0.1, 0.15) is 4.88 Å². The zero-order chi connectivity index (χ0) is 13.0.